The normalized spacial score (nSPS) is 19.9. The van der Waals surface area contributed by atoms with E-state index in [4.69, 9.17) is 10.5 Å². The van der Waals surface area contributed by atoms with Gasteiger partial charge in [-0.05, 0) is 73.9 Å². The lowest BCUT2D eigenvalue weighted by Crippen LogP contribution is -2.45. The van der Waals surface area contributed by atoms with E-state index in [0.717, 1.165) is 67.7 Å². The highest BCUT2D eigenvalue weighted by Crippen LogP contribution is 2.33. The Morgan fingerprint density at radius 1 is 1.14 bits per heavy atom. The Bertz CT molecular complexity index is 1100. The van der Waals surface area contributed by atoms with E-state index < -0.39 is 11.6 Å². The summed E-state index contributed by atoms with van der Waals surface area (Å²) in [5.74, 6) is -0.416. The fourth-order valence-corrected chi connectivity index (χ4v) is 4.34. The van der Waals surface area contributed by atoms with Gasteiger partial charge < -0.3 is 15.4 Å². The number of hydrogen-bond acceptors (Lipinski definition) is 4. The number of halogens is 2. The topological polar surface area (TPSA) is 41.7 Å². The molecule has 1 fully saturated rings. The van der Waals surface area contributed by atoms with Gasteiger partial charge in [-0.1, -0.05) is 31.2 Å². The van der Waals surface area contributed by atoms with Crippen LogP contribution in [0.25, 0.3) is 5.57 Å². The Balaban J connectivity index is 1.86. The molecule has 1 aromatic rings. The van der Waals surface area contributed by atoms with Crippen LogP contribution in [0.2, 0.25) is 0 Å². The Labute approximate surface area is 214 Å². The van der Waals surface area contributed by atoms with Crippen LogP contribution in [0, 0.1) is 11.6 Å². The molecule has 36 heavy (non-hydrogen) atoms. The third-order valence-corrected chi connectivity index (χ3v) is 6.66. The predicted molar refractivity (Wildman–Crippen MR) is 145 cm³/mol. The molecule has 1 aliphatic heterocycles. The summed E-state index contributed by atoms with van der Waals surface area (Å²) in [5, 5.41) is 0. The molecule has 1 aliphatic carbocycles. The van der Waals surface area contributed by atoms with Gasteiger partial charge in [-0.2, -0.15) is 0 Å². The Morgan fingerprint density at radius 2 is 1.89 bits per heavy atom. The molecule has 0 unspecified atom stereocenters. The van der Waals surface area contributed by atoms with Crippen molar-refractivity contribution in [3.05, 3.63) is 100 Å². The van der Waals surface area contributed by atoms with Gasteiger partial charge in [0.25, 0.3) is 0 Å². The third-order valence-electron chi connectivity index (χ3n) is 6.66. The summed E-state index contributed by atoms with van der Waals surface area (Å²) >= 11 is 0. The lowest BCUT2D eigenvalue weighted by molar-refractivity contribution is 0.111. The molecule has 4 nitrogen and oxygen atoms in total. The van der Waals surface area contributed by atoms with E-state index in [1.54, 1.807) is 0 Å². The summed E-state index contributed by atoms with van der Waals surface area (Å²) in [6, 6.07) is 3.68. The van der Waals surface area contributed by atoms with E-state index in [0.29, 0.717) is 29.9 Å². The quantitative estimate of drug-likeness (QED) is 0.429. The average Bonchev–Trinajstić information content (AvgIpc) is 2.85. The number of nitrogens with two attached hydrogens (primary N) is 1. The van der Waals surface area contributed by atoms with Crippen LogP contribution >= 0.6 is 0 Å². The minimum Gasteiger partial charge on any atom is -0.496 e. The van der Waals surface area contributed by atoms with E-state index in [1.165, 1.54) is 12.1 Å². The Kier molecular flexibility index (Phi) is 10.3. The number of likely N-dealkylation sites (N-methyl/N-ethyl adjacent to an activating group) is 1. The van der Waals surface area contributed by atoms with Gasteiger partial charge in [-0.15, -0.1) is 0 Å². The summed E-state index contributed by atoms with van der Waals surface area (Å²) < 4.78 is 34.4. The van der Waals surface area contributed by atoms with Crippen LogP contribution in [0.4, 0.5) is 8.78 Å². The summed E-state index contributed by atoms with van der Waals surface area (Å²) in [4.78, 5) is 4.72. The first-order valence-electron chi connectivity index (χ1n) is 12.7. The SMILES string of the molecule is C\C=C/C=C(CC)/C(N)=C/C(C)=C1/C=C(c2ccc(F)cc2F)C=C(OCCN2CCN(C)CC2)C1. The first-order chi connectivity index (χ1) is 17.3. The van der Waals surface area contributed by atoms with Crippen molar-refractivity contribution in [2.45, 2.75) is 33.6 Å². The number of allylic oxidation sites excluding steroid dienone is 10. The number of piperazine rings is 1. The summed E-state index contributed by atoms with van der Waals surface area (Å²) in [6.45, 7) is 11.6. The van der Waals surface area contributed by atoms with E-state index in [2.05, 4.69) is 23.8 Å². The zero-order valence-electron chi connectivity index (χ0n) is 22.0. The van der Waals surface area contributed by atoms with Crippen LogP contribution in [0.3, 0.4) is 0 Å². The first kappa shape index (κ1) is 27.6. The van der Waals surface area contributed by atoms with Gasteiger partial charge >= 0.3 is 0 Å². The van der Waals surface area contributed by atoms with Crippen LogP contribution in [0.5, 0.6) is 0 Å². The molecule has 0 radical (unpaired) electrons. The van der Waals surface area contributed by atoms with Crippen molar-refractivity contribution in [2.75, 3.05) is 46.4 Å². The lowest BCUT2D eigenvalue weighted by atomic mass is 9.91. The van der Waals surface area contributed by atoms with Gasteiger partial charge in [-0.25, -0.2) is 8.78 Å². The Hall–Kier alpha value is -2.96. The highest BCUT2D eigenvalue weighted by Gasteiger charge is 2.18. The minimum atomic E-state index is -0.594. The fraction of sp³-hybridized carbons (Fsp3) is 0.400. The Morgan fingerprint density at radius 3 is 2.56 bits per heavy atom. The van der Waals surface area contributed by atoms with Gasteiger partial charge in [-0.3, -0.25) is 4.90 Å². The molecule has 2 aliphatic rings. The highest BCUT2D eigenvalue weighted by atomic mass is 19.1. The molecule has 0 bridgehead atoms. The standard InChI is InChI=1S/C30H39F2N3O/c1-5-7-8-23(6-2)30(33)17-22(3)24-18-25(28-10-9-26(31)21-29(28)32)20-27(19-24)36-16-15-35-13-11-34(4)12-14-35/h5,7-10,17-18,20-21H,6,11-16,19,33H2,1-4H3/b7-5-,23-8+,24-22-,30-17-. The van der Waals surface area contributed by atoms with Crippen molar-refractivity contribution in [3.8, 4) is 0 Å². The van der Waals surface area contributed by atoms with Crippen molar-refractivity contribution in [1.82, 2.24) is 9.80 Å². The van der Waals surface area contributed by atoms with Crippen LogP contribution in [0.15, 0.2) is 82.8 Å². The molecular formula is C30H39F2N3O. The molecule has 0 atom stereocenters. The zero-order chi connectivity index (χ0) is 26.1. The molecular weight excluding hydrogens is 456 g/mol. The van der Waals surface area contributed by atoms with Crippen LogP contribution in [-0.2, 0) is 4.74 Å². The molecule has 0 spiro atoms. The maximum Gasteiger partial charge on any atom is 0.133 e. The molecule has 0 saturated carbocycles. The number of ether oxygens (including phenoxy) is 1. The summed E-state index contributed by atoms with van der Waals surface area (Å²) in [6.07, 6.45) is 13.2. The number of benzene rings is 1. The van der Waals surface area contributed by atoms with E-state index in [-0.39, 0.29) is 0 Å². The molecule has 6 heteroatoms. The summed E-state index contributed by atoms with van der Waals surface area (Å²) in [7, 11) is 2.14. The van der Waals surface area contributed by atoms with Crippen molar-refractivity contribution in [3.63, 3.8) is 0 Å². The monoisotopic (exact) mass is 495 g/mol. The van der Waals surface area contributed by atoms with E-state index in [1.807, 2.05) is 50.3 Å². The molecule has 1 saturated heterocycles. The van der Waals surface area contributed by atoms with Crippen LogP contribution in [-0.4, -0.2) is 56.2 Å². The molecule has 2 N–H and O–H groups in total. The maximum atomic E-state index is 14.7. The second kappa shape index (κ2) is 13.4. The van der Waals surface area contributed by atoms with Crippen LogP contribution in [0.1, 0.15) is 39.2 Å². The lowest BCUT2D eigenvalue weighted by Gasteiger charge is -2.32. The smallest absolute Gasteiger partial charge is 0.133 e. The second-order valence-electron chi connectivity index (χ2n) is 9.38. The predicted octanol–water partition coefficient (Wildman–Crippen LogP) is 5.97. The average molecular weight is 496 g/mol. The number of nitrogens with zero attached hydrogens (tertiary/aromatic N) is 2. The molecule has 1 aromatic carbocycles. The molecule has 0 aromatic heterocycles. The van der Waals surface area contributed by atoms with Crippen LogP contribution < -0.4 is 5.73 Å². The number of rotatable bonds is 9. The van der Waals surface area contributed by atoms with Crippen molar-refractivity contribution >= 4 is 5.57 Å². The molecule has 1 heterocycles. The third kappa shape index (κ3) is 7.77. The minimum absolute atomic E-state index is 0.348. The van der Waals surface area contributed by atoms with Gasteiger partial charge in [0.05, 0.1) is 0 Å². The van der Waals surface area contributed by atoms with Gasteiger partial charge in [0.1, 0.15) is 24.0 Å². The maximum absolute atomic E-state index is 14.7. The summed E-state index contributed by atoms with van der Waals surface area (Å²) in [5.41, 5.74) is 11.2. The van der Waals surface area contributed by atoms with Crippen molar-refractivity contribution < 1.29 is 13.5 Å². The molecule has 0 amide bonds. The van der Waals surface area contributed by atoms with Gasteiger partial charge in [0.15, 0.2) is 0 Å². The fourth-order valence-electron chi connectivity index (χ4n) is 4.34. The largest absolute Gasteiger partial charge is 0.496 e. The first-order valence-corrected chi connectivity index (χ1v) is 12.7. The van der Waals surface area contributed by atoms with Gasteiger partial charge in [0.2, 0.25) is 0 Å². The van der Waals surface area contributed by atoms with E-state index >= 15 is 0 Å². The highest BCUT2D eigenvalue weighted by molar-refractivity contribution is 5.79. The zero-order valence-corrected chi connectivity index (χ0v) is 22.0. The van der Waals surface area contributed by atoms with Crippen molar-refractivity contribution in [2.24, 2.45) is 5.73 Å². The number of hydrogen-bond donors (Lipinski definition) is 1. The van der Waals surface area contributed by atoms with E-state index in [9.17, 15) is 8.78 Å². The molecule has 194 valence electrons. The second-order valence-corrected chi connectivity index (χ2v) is 9.38. The van der Waals surface area contributed by atoms with Gasteiger partial charge in [0, 0.05) is 56.5 Å². The molecule has 3 rings (SSSR count). The van der Waals surface area contributed by atoms with Crippen molar-refractivity contribution in [1.29, 1.82) is 0 Å².